The smallest absolute Gasteiger partial charge is 0.252 e. The number of nitrogens with one attached hydrogen (secondary N) is 1. The van der Waals surface area contributed by atoms with Crippen molar-refractivity contribution in [3.8, 4) is 0 Å². The summed E-state index contributed by atoms with van der Waals surface area (Å²) in [6.45, 7) is 9.03. The summed E-state index contributed by atoms with van der Waals surface area (Å²) in [5.41, 5.74) is 0.606. The van der Waals surface area contributed by atoms with E-state index in [9.17, 15) is 4.79 Å². The second kappa shape index (κ2) is 7.97. The Kier molecular flexibility index (Phi) is 7.24. The minimum atomic E-state index is -0.0689. The van der Waals surface area contributed by atoms with Crippen LogP contribution in [0.15, 0.2) is 24.5 Å². The van der Waals surface area contributed by atoms with Gasteiger partial charge >= 0.3 is 0 Å². The first-order valence-corrected chi connectivity index (χ1v) is 5.26. The highest BCUT2D eigenvalue weighted by Gasteiger charge is 2.00. The van der Waals surface area contributed by atoms with Crippen LogP contribution in [0.2, 0.25) is 0 Å². The van der Waals surface area contributed by atoms with E-state index in [1.54, 1.807) is 24.5 Å². The van der Waals surface area contributed by atoms with E-state index in [4.69, 9.17) is 0 Å². The SMILES string of the molecule is CC(C)C.CCNC(=O)c1cccnc1. The highest BCUT2D eigenvalue weighted by Crippen LogP contribution is 1.93. The van der Waals surface area contributed by atoms with Crippen molar-refractivity contribution in [1.29, 1.82) is 0 Å². The monoisotopic (exact) mass is 208 g/mol. The predicted molar refractivity (Wildman–Crippen MR) is 62.8 cm³/mol. The molecule has 0 fully saturated rings. The molecule has 84 valence electrons. The topological polar surface area (TPSA) is 42.0 Å². The number of nitrogens with zero attached hydrogens (tertiary/aromatic N) is 1. The average Bonchev–Trinajstić information content (AvgIpc) is 2.19. The molecule has 0 saturated carbocycles. The quantitative estimate of drug-likeness (QED) is 0.811. The van der Waals surface area contributed by atoms with Crippen molar-refractivity contribution < 1.29 is 4.79 Å². The molecule has 0 aromatic carbocycles. The maximum absolute atomic E-state index is 11.1. The second-order valence-electron chi connectivity index (χ2n) is 3.83. The number of carbonyl (C=O) groups excluding carboxylic acids is 1. The first kappa shape index (κ1) is 13.6. The van der Waals surface area contributed by atoms with Crippen LogP contribution in [-0.2, 0) is 0 Å². The van der Waals surface area contributed by atoms with Crippen molar-refractivity contribution in [2.24, 2.45) is 5.92 Å². The lowest BCUT2D eigenvalue weighted by Gasteiger charge is -1.99. The summed E-state index contributed by atoms with van der Waals surface area (Å²) in [4.78, 5) is 14.9. The Morgan fingerprint density at radius 1 is 1.47 bits per heavy atom. The Bertz CT molecular complexity index is 267. The van der Waals surface area contributed by atoms with Gasteiger partial charge in [-0.2, -0.15) is 0 Å². The summed E-state index contributed by atoms with van der Waals surface area (Å²) in [7, 11) is 0. The van der Waals surface area contributed by atoms with Gasteiger partial charge in [0, 0.05) is 18.9 Å². The van der Waals surface area contributed by atoms with Gasteiger partial charge in [0.1, 0.15) is 0 Å². The molecule has 3 nitrogen and oxygen atoms in total. The number of hydrogen-bond acceptors (Lipinski definition) is 2. The molecule has 0 aliphatic carbocycles. The third-order valence-electron chi connectivity index (χ3n) is 1.26. The number of aromatic nitrogens is 1. The third kappa shape index (κ3) is 7.67. The molecule has 0 aliphatic heterocycles. The van der Waals surface area contributed by atoms with Crippen LogP contribution in [0.1, 0.15) is 38.1 Å². The van der Waals surface area contributed by atoms with Gasteiger partial charge in [0.15, 0.2) is 0 Å². The first-order valence-electron chi connectivity index (χ1n) is 5.26. The largest absolute Gasteiger partial charge is 0.352 e. The molecular formula is C12H20N2O. The van der Waals surface area contributed by atoms with Gasteiger partial charge in [-0.25, -0.2) is 0 Å². The lowest BCUT2D eigenvalue weighted by atomic mass is 10.3. The molecule has 1 amide bonds. The zero-order chi connectivity index (χ0) is 11.7. The van der Waals surface area contributed by atoms with Crippen molar-refractivity contribution in [1.82, 2.24) is 10.3 Å². The van der Waals surface area contributed by atoms with Crippen LogP contribution < -0.4 is 5.32 Å². The Balaban J connectivity index is 0.000000423. The van der Waals surface area contributed by atoms with Gasteiger partial charge < -0.3 is 5.32 Å². The van der Waals surface area contributed by atoms with Crippen molar-refractivity contribution in [2.75, 3.05) is 6.54 Å². The fourth-order valence-electron chi connectivity index (χ4n) is 0.760. The molecule has 1 N–H and O–H groups in total. The highest BCUT2D eigenvalue weighted by atomic mass is 16.1. The molecule has 0 unspecified atom stereocenters. The standard InChI is InChI=1S/C8H10N2O.C4H10/c1-2-10-8(11)7-4-3-5-9-6-7;1-4(2)3/h3-6H,2H2,1H3,(H,10,11);4H,1-3H3. The maximum atomic E-state index is 11.1. The molecule has 0 atom stereocenters. The Morgan fingerprint density at radius 2 is 2.07 bits per heavy atom. The molecule has 0 bridgehead atoms. The molecule has 0 spiro atoms. The zero-order valence-corrected chi connectivity index (χ0v) is 9.95. The second-order valence-corrected chi connectivity index (χ2v) is 3.83. The molecule has 0 saturated heterocycles. The van der Waals surface area contributed by atoms with Crippen molar-refractivity contribution in [2.45, 2.75) is 27.7 Å². The van der Waals surface area contributed by atoms with E-state index in [0.29, 0.717) is 12.1 Å². The van der Waals surface area contributed by atoms with E-state index in [2.05, 4.69) is 31.1 Å². The summed E-state index contributed by atoms with van der Waals surface area (Å²) >= 11 is 0. The zero-order valence-electron chi connectivity index (χ0n) is 9.95. The van der Waals surface area contributed by atoms with Gasteiger partial charge in [0.2, 0.25) is 0 Å². The summed E-state index contributed by atoms with van der Waals surface area (Å²) in [5, 5.41) is 2.68. The summed E-state index contributed by atoms with van der Waals surface area (Å²) < 4.78 is 0. The molecule has 1 aromatic heterocycles. The van der Waals surface area contributed by atoms with E-state index in [1.165, 1.54) is 0 Å². The summed E-state index contributed by atoms with van der Waals surface area (Å²) in [6, 6.07) is 3.47. The molecule has 3 heteroatoms. The van der Waals surface area contributed by atoms with E-state index >= 15 is 0 Å². The molecule has 15 heavy (non-hydrogen) atoms. The molecular weight excluding hydrogens is 188 g/mol. The molecule has 1 heterocycles. The van der Waals surface area contributed by atoms with Crippen LogP contribution in [0.4, 0.5) is 0 Å². The van der Waals surface area contributed by atoms with Gasteiger partial charge in [-0.15, -0.1) is 0 Å². The Labute approximate surface area is 91.9 Å². The van der Waals surface area contributed by atoms with E-state index in [1.807, 2.05) is 6.92 Å². The predicted octanol–water partition coefficient (Wildman–Crippen LogP) is 2.49. The van der Waals surface area contributed by atoms with Gasteiger partial charge in [-0.05, 0) is 25.0 Å². The first-order chi connectivity index (χ1) is 7.07. The van der Waals surface area contributed by atoms with Gasteiger partial charge in [-0.3, -0.25) is 9.78 Å². The number of hydrogen-bond donors (Lipinski definition) is 1. The fourth-order valence-corrected chi connectivity index (χ4v) is 0.760. The molecule has 0 aliphatic rings. The van der Waals surface area contributed by atoms with E-state index in [0.717, 1.165) is 5.92 Å². The van der Waals surface area contributed by atoms with Crippen LogP contribution in [0.3, 0.4) is 0 Å². The van der Waals surface area contributed by atoms with Crippen LogP contribution in [0.5, 0.6) is 0 Å². The fraction of sp³-hybridized carbons (Fsp3) is 0.500. The van der Waals surface area contributed by atoms with Crippen molar-refractivity contribution in [3.63, 3.8) is 0 Å². The number of rotatable bonds is 2. The summed E-state index contributed by atoms with van der Waals surface area (Å²) in [6.07, 6.45) is 3.19. The molecule has 1 aromatic rings. The Hall–Kier alpha value is -1.38. The normalized spacial score (nSPS) is 9.13. The minimum absolute atomic E-state index is 0.0689. The third-order valence-corrected chi connectivity index (χ3v) is 1.26. The minimum Gasteiger partial charge on any atom is -0.352 e. The van der Waals surface area contributed by atoms with Crippen LogP contribution >= 0.6 is 0 Å². The van der Waals surface area contributed by atoms with Crippen molar-refractivity contribution >= 4 is 5.91 Å². The van der Waals surface area contributed by atoms with E-state index < -0.39 is 0 Å². The Morgan fingerprint density at radius 3 is 2.47 bits per heavy atom. The van der Waals surface area contributed by atoms with Gasteiger partial charge in [0.25, 0.3) is 5.91 Å². The molecule has 0 radical (unpaired) electrons. The number of amides is 1. The molecule has 1 rings (SSSR count). The lowest BCUT2D eigenvalue weighted by molar-refractivity contribution is 0.0955. The average molecular weight is 208 g/mol. The van der Waals surface area contributed by atoms with E-state index in [-0.39, 0.29) is 5.91 Å². The van der Waals surface area contributed by atoms with Crippen LogP contribution in [-0.4, -0.2) is 17.4 Å². The van der Waals surface area contributed by atoms with Crippen LogP contribution in [0.25, 0.3) is 0 Å². The number of carbonyl (C=O) groups is 1. The summed E-state index contributed by atoms with van der Waals surface area (Å²) in [5.74, 6) is 0.764. The maximum Gasteiger partial charge on any atom is 0.252 e. The van der Waals surface area contributed by atoms with Crippen LogP contribution in [0, 0.1) is 5.92 Å². The number of pyridine rings is 1. The van der Waals surface area contributed by atoms with Crippen molar-refractivity contribution in [3.05, 3.63) is 30.1 Å². The van der Waals surface area contributed by atoms with Gasteiger partial charge in [0.05, 0.1) is 5.56 Å². The highest BCUT2D eigenvalue weighted by molar-refractivity contribution is 5.93. The van der Waals surface area contributed by atoms with Gasteiger partial charge in [-0.1, -0.05) is 20.8 Å². The lowest BCUT2D eigenvalue weighted by Crippen LogP contribution is -2.22.